The van der Waals surface area contributed by atoms with Gasteiger partial charge in [0.05, 0.1) is 5.70 Å². The molecule has 0 spiro atoms. The summed E-state index contributed by atoms with van der Waals surface area (Å²) in [6.07, 6.45) is 58.7. The lowest BCUT2D eigenvalue weighted by Gasteiger charge is -2.03. The molecule has 1 nitrogen and oxygen atoms in total. The average molecular weight is 595 g/mol. The molecule has 1 rings (SSSR count). The highest BCUT2D eigenvalue weighted by Crippen LogP contribution is 2.18. The van der Waals surface area contributed by atoms with E-state index in [0.29, 0.717) is 0 Å². The summed E-state index contributed by atoms with van der Waals surface area (Å²) in [7, 11) is 0. The zero-order valence-corrected chi connectivity index (χ0v) is 29.5. The molecule has 0 bridgehead atoms. The molecule has 1 aliphatic heterocycles. The van der Waals surface area contributed by atoms with Crippen molar-refractivity contribution in [1.29, 1.82) is 0 Å². The Labute approximate surface area is 271 Å². The zero-order valence-electron chi connectivity index (χ0n) is 29.5. The minimum absolute atomic E-state index is 1.15. The third-order valence-corrected chi connectivity index (χ3v) is 9.29. The first-order valence-corrected chi connectivity index (χ1v) is 19.8. The van der Waals surface area contributed by atoms with E-state index in [1.807, 2.05) is 6.20 Å². The van der Waals surface area contributed by atoms with Crippen LogP contribution in [0.4, 0.5) is 0 Å². The average Bonchev–Trinajstić information content (AvgIpc) is 3.47. The van der Waals surface area contributed by atoms with E-state index in [2.05, 4.69) is 49.5 Å². The second-order valence-corrected chi connectivity index (χ2v) is 13.6. The van der Waals surface area contributed by atoms with Gasteiger partial charge in [0.25, 0.3) is 0 Å². The SMILES string of the molecule is CCCCCCCCCCCCCCCCCC=CC1=C(C=CCCCCCCCCCCCCCCCCC)[N]C=C1. The van der Waals surface area contributed by atoms with Gasteiger partial charge in [0.15, 0.2) is 0 Å². The van der Waals surface area contributed by atoms with Crippen LogP contribution in [0, 0.1) is 0 Å². The van der Waals surface area contributed by atoms with Gasteiger partial charge in [-0.2, -0.15) is 0 Å². The highest BCUT2D eigenvalue weighted by atomic mass is 14.9. The Morgan fingerprint density at radius 3 is 1.05 bits per heavy atom. The van der Waals surface area contributed by atoms with Crippen LogP contribution in [0.1, 0.15) is 219 Å². The molecule has 1 aliphatic rings. The van der Waals surface area contributed by atoms with Gasteiger partial charge >= 0.3 is 0 Å². The van der Waals surface area contributed by atoms with Crippen molar-refractivity contribution in [2.24, 2.45) is 0 Å². The molecular weight excluding hydrogens is 518 g/mol. The van der Waals surface area contributed by atoms with E-state index in [9.17, 15) is 0 Å². The Hall–Kier alpha value is -1.24. The topological polar surface area (TPSA) is 14.1 Å². The van der Waals surface area contributed by atoms with E-state index in [-0.39, 0.29) is 0 Å². The van der Waals surface area contributed by atoms with Gasteiger partial charge in [0, 0.05) is 11.8 Å². The number of hydrogen-bond donors (Lipinski definition) is 0. The van der Waals surface area contributed by atoms with E-state index in [4.69, 9.17) is 0 Å². The van der Waals surface area contributed by atoms with Gasteiger partial charge in [-0.15, -0.1) is 0 Å². The van der Waals surface area contributed by atoms with Crippen molar-refractivity contribution in [3.63, 3.8) is 0 Å². The maximum absolute atomic E-state index is 4.58. The number of hydrogen-bond acceptors (Lipinski definition) is 0. The third-order valence-electron chi connectivity index (χ3n) is 9.29. The fraction of sp³-hybridized carbons (Fsp3) is 0.810. The van der Waals surface area contributed by atoms with Crippen molar-refractivity contribution in [3.05, 3.63) is 47.9 Å². The van der Waals surface area contributed by atoms with Crippen LogP contribution in [0.25, 0.3) is 0 Å². The summed E-state index contributed by atoms with van der Waals surface area (Å²) in [5, 5.41) is 4.58. The van der Waals surface area contributed by atoms with Gasteiger partial charge in [0.1, 0.15) is 0 Å². The molecule has 249 valence electrons. The molecule has 0 N–H and O–H groups in total. The van der Waals surface area contributed by atoms with Crippen LogP contribution in [0.15, 0.2) is 47.9 Å². The molecule has 0 aliphatic carbocycles. The van der Waals surface area contributed by atoms with Crippen molar-refractivity contribution in [2.75, 3.05) is 0 Å². The summed E-state index contributed by atoms with van der Waals surface area (Å²) in [5.41, 5.74) is 2.43. The molecule has 0 fully saturated rings. The van der Waals surface area contributed by atoms with Crippen molar-refractivity contribution in [1.82, 2.24) is 5.32 Å². The van der Waals surface area contributed by atoms with Crippen molar-refractivity contribution in [2.45, 2.75) is 219 Å². The summed E-state index contributed by atoms with van der Waals surface area (Å²) < 4.78 is 0. The summed E-state index contributed by atoms with van der Waals surface area (Å²) in [4.78, 5) is 0. The van der Waals surface area contributed by atoms with Gasteiger partial charge < -0.3 is 0 Å². The minimum Gasteiger partial charge on any atom is -0.256 e. The fourth-order valence-electron chi connectivity index (χ4n) is 6.31. The van der Waals surface area contributed by atoms with Crippen molar-refractivity contribution < 1.29 is 0 Å². The van der Waals surface area contributed by atoms with E-state index in [1.165, 1.54) is 211 Å². The quantitative estimate of drug-likeness (QED) is 0.0658. The maximum Gasteiger partial charge on any atom is 0.0699 e. The first-order valence-electron chi connectivity index (χ1n) is 19.8. The summed E-state index contributed by atoms with van der Waals surface area (Å²) in [5.74, 6) is 0. The first kappa shape index (κ1) is 39.8. The molecule has 0 aromatic heterocycles. The minimum atomic E-state index is 1.15. The van der Waals surface area contributed by atoms with Crippen LogP contribution < -0.4 is 5.32 Å². The number of unbranched alkanes of at least 4 members (excludes halogenated alkanes) is 30. The maximum atomic E-state index is 4.58. The van der Waals surface area contributed by atoms with Crippen LogP contribution >= 0.6 is 0 Å². The molecule has 1 heterocycles. The molecule has 0 unspecified atom stereocenters. The summed E-state index contributed by atoms with van der Waals surface area (Å²) >= 11 is 0. The number of allylic oxidation sites excluding steroid dienone is 6. The van der Waals surface area contributed by atoms with Crippen LogP contribution in [0.2, 0.25) is 0 Å². The number of nitrogens with zero attached hydrogens (tertiary/aromatic N) is 1. The van der Waals surface area contributed by atoms with E-state index < -0.39 is 0 Å². The van der Waals surface area contributed by atoms with Crippen LogP contribution in [0.3, 0.4) is 0 Å². The predicted octanol–water partition coefficient (Wildman–Crippen LogP) is 15.0. The zero-order chi connectivity index (χ0) is 30.7. The lowest BCUT2D eigenvalue weighted by atomic mass is 10.0. The molecule has 0 aromatic rings. The smallest absolute Gasteiger partial charge is 0.0699 e. The van der Waals surface area contributed by atoms with Crippen LogP contribution in [-0.2, 0) is 0 Å². The van der Waals surface area contributed by atoms with Crippen molar-refractivity contribution in [3.8, 4) is 0 Å². The highest BCUT2D eigenvalue weighted by molar-refractivity contribution is 5.44. The second kappa shape index (κ2) is 33.6. The molecule has 1 radical (unpaired) electrons. The molecular formula is C42H76N. The Balaban J connectivity index is 1.89. The first-order chi connectivity index (χ1) is 21.4. The Bertz CT molecular complexity index is 681. The third kappa shape index (κ3) is 28.0. The molecule has 0 atom stereocenters. The van der Waals surface area contributed by atoms with Crippen molar-refractivity contribution >= 4 is 0 Å². The van der Waals surface area contributed by atoms with E-state index in [1.54, 1.807) is 0 Å². The molecule has 0 amide bonds. The normalized spacial score (nSPS) is 13.3. The largest absolute Gasteiger partial charge is 0.256 e. The summed E-state index contributed by atoms with van der Waals surface area (Å²) in [6.45, 7) is 4.60. The Kier molecular flexibility index (Phi) is 31.1. The van der Waals surface area contributed by atoms with Gasteiger partial charge in [0.2, 0.25) is 0 Å². The molecule has 0 saturated carbocycles. The Morgan fingerprint density at radius 2 is 0.698 bits per heavy atom. The monoisotopic (exact) mass is 595 g/mol. The number of rotatable bonds is 34. The lowest BCUT2D eigenvalue weighted by Crippen LogP contribution is -1.89. The van der Waals surface area contributed by atoms with Crippen LogP contribution in [0.5, 0.6) is 0 Å². The van der Waals surface area contributed by atoms with Gasteiger partial charge in [-0.05, 0) is 37.8 Å². The fourth-order valence-corrected chi connectivity index (χ4v) is 6.31. The van der Waals surface area contributed by atoms with Gasteiger partial charge in [-0.1, -0.05) is 212 Å². The van der Waals surface area contributed by atoms with Gasteiger partial charge in [-0.3, -0.25) is 5.32 Å². The molecule has 0 aromatic carbocycles. The van der Waals surface area contributed by atoms with E-state index >= 15 is 0 Å². The van der Waals surface area contributed by atoms with E-state index in [0.717, 1.165) is 5.70 Å². The standard InChI is InChI=1S/C42H76N/c1-3-5-7-9-11-13-15-17-19-21-23-25-27-29-31-33-35-37-41-39-40-43-42(41)38-36-34-32-30-28-26-24-22-20-18-16-14-12-10-8-6-4-2/h35-40H,3-34H2,1-2H3. The molecule has 0 saturated heterocycles. The Morgan fingerprint density at radius 1 is 0.395 bits per heavy atom. The predicted molar refractivity (Wildman–Crippen MR) is 196 cm³/mol. The van der Waals surface area contributed by atoms with Gasteiger partial charge in [-0.25, -0.2) is 0 Å². The highest BCUT2D eigenvalue weighted by Gasteiger charge is 2.04. The molecule has 1 heteroatoms. The molecule has 43 heavy (non-hydrogen) atoms. The second-order valence-electron chi connectivity index (χ2n) is 13.6. The summed E-state index contributed by atoms with van der Waals surface area (Å²) in [6, 6.07) is 0. The van der Waals surface area contributed by atoms with Crippen LogP contribution in [-0.4, -0.2) is 0 Å². The lowest BCUT2D eigenvalue weighted by molar-refractivity contribution is 0.533.